The molecule has 21 heavy (non-hydrogen) atoms. The van der Waals surface area contributed by atoms with Gasteiger partial charge in [0.1, 0.15) is 6.04 Å². The topological polar surface area (TPSA) is 52.7 Å². The molecule has 0 radical (unpaired) electrons. The fourth-order valence-electron chi connectivity index (χ4n) is 3.89. The molecule has 1 unspecified atom stereocenters. The van der Waals surface area contributed by atoms with E-state index in [4.69, 9.17) is 0 Å². The number of hydrazine groups is 1. The lowest BCUT2D eigenvalue weighted by atomic mass is 10.1. The summed E-state index contributed by atoms with van der Waals surface area (Å²) in [5.74, 6) is 0.0406. The van der Waals surface area contributed by atoms with Gasteiger partial charge in [-0.25, -0.2) is 10.4 Å². The van der Waals surface area contributed by atoms with Crippen molar-refractivity contribution in [3.05, 3.63) is 0 Å². The fourth-order valence-corrected chi connectivity index (χ4v) is 3.89. The molecule has 2 aliphatic heterocycles. The minimum atomic E-state index is -0.321. The third-order valence-corrected chi connectivity index (χ3v) is 5.07. The Hall–Kier alpha value is -0.940. The summed E-state index contributed by atoms with van der Waals surface area (Å²) in [6, 6.07) is -0.167. The lowest BCUT2D eigenvalue weighted by molar-refractivity contribution is -0.142. The Labute approximate surface area is 127 Å². The Balaban J connectivity index is 1.61. The van der Waals surface area contributed by atoms with Crippen LogP contribution in [0.5, 0.6) is 0 Å². The molecular formula is C16H27N3O2. The quantitative estimate of drug-likeness (QED) is 0.637. The Morgan fingerprint density at radius 3 is 2.14 bits per heavy atom. The van der Waals surface area contributed by atoms with Crippen molar-refractivity contribution in [2.24, 2.45) is 0 Å². The van der Waals surface area contributed by atoms with Gasteiger partial charge in [0.05, 0.1) is 6.42 Å². The van der Waals surface area contributed by atoms with Gasteiger partial charge >= 0.3 is 0 Å². The summed E-state index contributed by atoms with van der Waals surface area (Å²) < 4.78 is 0. The van der Waals surface area contributed by atoms with Gasteiger partial charge in [0, 0.05) is 19.1 Å². The predicted octanol–water partition coefficient (Wildman–Crippen LogP) is 1.83. The van der Waals surface area contributed by atoms with E-state index in [-0.39, 0.29) is 23.9 Å². The first-order valence-corrected chi connectivity index (χ1v) is 8.63. The third-order valence-electron chi connectivity index (χ3n) is 5.07. The highest BCUT2D eigenvalue weighted by atomic mass is 16.2. The highest BCUT2D eigenvalue weighted by molar-refractivity contribution is 6.05. The molecule has 2 amide bonds. The monoisotopic (exact) mass is 293 g/mol. The second-order valence-electron chi connectivity index (χ2n) is 6.68. The second-order valence-corrected chi connectivity index (χ2v) is 6.68. The molecule has 0 aromatic rings. The van der Waals surface area contributed by atoms with Crippen molar-refractivity contribution in [2.45, 2.75) is 76.3 Å². The van der Waals surface area contributed by atoms with Crippen LogP contribution in [0.1, 0.15) is 64.2 Å². The smallest absolute Gasteiger partial charge is 0.248 e. The lowest BCUT2D eigenvalue weighted by Crippen LogP contribution is -2.51. The summed E-state index contributed by atoms with van der Waals surface area (Å²) in [4.78, 5) is 26.5. The second kappa shape index (κ2) is 6.88. The zero-order valence-electron chi connectivity index (χ0n) is 12.9. The maximum atomic E-state index is 12.6. The number of nitrogens with one attached hydrogen (secondary N) is 1. The third kappa shape index (κ3) is 3.46. The van der Waals surface area contributed by atoms with E-state index in [1.54, 1.807) is 4.90 Å². The molecule has 0 spiro atoms. The van der Waals surface area contributed by atoms with E-state index in [1.807, 2.05) is 0 Å². The maximum Gasteiger partial charge on any atom is 0.248 e. The molecule has 3 fully saturated rings. The largest absolute Gasteiger partial charge is 0.278 e. The van der Waals surface area contributed by atoms with Crippen molar-refractivity contribution in [1.82, 2.24) is 15.3 Å². The van der Waals surface area contributed by atoms with Crippen LogP contribution in [0.3, 0.4) is 0 Å². The van der Waals surface area contributed by atoms with E-state index in [0.717, 1.165) is 38.8 Å². The fraction of sp³-hybridized carbons (Fsp3) is 0.875. The molecule has 0 aromatic heterocycles. The van der Waals surface area contributed by atoms with Crippen LogP contribution in [0.2, 0.25) is 0 Å². The van der Waals surface area contributed by atoms with E-state index < -0.39 is 0 Å². The summed E-state index contributed by atoms with van der Waals surface area (Å²) in [6.45, 7) is 1.97. The number of nitrogens with zero attached hydrogens (tertiary/aromatic N) is 2. The molecule has 1 N–H and O–H groups in total. The molecule has 3 aliphatic rings. The van der Waals surface area contributed by atoms with Crippen molar-refractivity contribution in [3.63, 3.8) is 0 Å². The first-order chi connectivity index (χ1) is 10.3. The molecule has 1 aliphatic carbocycles. The van der Waals surface area contributed by atoms with Gasteiger partial charge in [0.25, 0.3) is 0 Å². The van der Waals surface area contributed by atoms with E-state index >= 15 is 0 Å². The number of piperidine rings is 1. The summed E-state index contributed by atoms with van der Waals surface area (Å²) >= 11 is 0. The molecule has 0 bridgehead atoms. The van der Waals surface area contributed by atoms with Crippen LogP contribution in [0.4, 0.5) is 0 Å². The first-order valence-electron chi connectivity index (χ1n) is 8.63. The number of likely N-dealkylation sites (tertiary alicyclic amines) is 1. The van der Waals surface area contributed by atoms with Crippen LogP contribution in [0.25, 0.3) is 0 Å². The van der Waals surface area contributed by atoms with Crippen molar-refractivity contribution >= 4 is 11.8 Å². The van der Waals surface area contributed by atoms with Crippen LogP contribution in [0, 0.1) is 0 Å². The van der Waals surface area contributed by atoms with Gasteiger partial charge < -0.3 is 0 Å². The SMILES string of the molecule is O=C1CC(NN2CCCCC2)C(=O)N1C1CCCCCC1. The molecule has 2 heterocycles. The minimum absolute atomic E-state index is 0.0115. The Bertz CT molecular complexity index is 385. The van der Waals surface area contributed by atoms with E-state index in [1.165, 1.54) is 32.1 Å². The average molecular weight is 293 g/mol. The Morgan fingerprint density at radius 2 is 1.48 bits per heavy atom. The van der Waals surface area contributed by atoms with Gasteiger partial charge in [-0.2, -0.15) is 0 Å². The zero-order valence-corrected chi connectivity index (χ0v) is 12.9. The zero-order chi connectivity index (χ0) is 14.7. The van der Waals surface area contributed by atoms with Gasteiger partial charge in [0.15, 0.2) is 0 Å². The lowest BCUT2D eigenvalue weighted by Gasteiger charge is -2.30. The highest BCUT2D eigenvalue weighted by Crippen LogP contribution is 2.27. The number of hydrogen-bond donors (Lipinski definition) is 1. The number of hydrogen-bond acceptors (Lipinski definition) is 4. The van der Waals surface area contributed by atoms with E-state index in [0.29, 0.717) is 6.42 Å². The standard InChI is InChI=1S/C16H27N3O2/c20-15-12-14(17-18-10-6-3-7-11-18)16(21)19(15)13-8-4-1-2-5-9-13/h13-14,17H,1-12H2. The number of carbonyl (C=O) groups is 2. The van der Waals surface area contributed by atoms with Crippen LogP contribution in [-0.2, 0) is 9.59 Å². The summed E-state index contributed by atoms with van der Waals surface area (Å²) in [5, 5.41) is 2.13. The summed E-state index contributed by atoms with van der Waals surface area (Å²) in [7, 11) is 0. The van der Waals surface area contributed by atoms with Crippen LogP contribution in [-0.4, -0.2) is 46.9 Å². The van der Waals surface area contributed by atoms with Gasteiger partial charge in [0.2, 0.25) is 11.8 Å². The van der Waals surface area contributed by atoms with Crippen LogP contribution >= 0.6 is 0 Å². The number of rotatable bonds is 3. The van der Waals surface area contributed by atoms with E-state index in [9.17, 15) is 9.59 Å². The Morgan fingerprint density at radius 1 is 0.857 bits per heavy atom. The van der Waals surface area contributed by atoms with Crippen molar-refractivity contribution < 1.29 is 9.59 Å². The highest BCUT2D eigenvalue weighted by Gasteiger charge is 2.42. The molecule has 5 heteroatoms. The molecule has 2 saturated heterocycles. The first kappa shape index (κ1) is 15.0. The molecule has 118 valence electrons. The average Bonchev–Trinajstić information content (AvgIpc) is 2.70. The molecular weight excluding hydrogens is 266 g/mol. The molecule has 1 saturated carbocycles. The molecule has 5 nitrogen and oxygen atoms in total. The van der Waals surface area contributed by atoms with Gasteiger partial charge in [-0.15, -0.1) is 0 Å². The minimum Gasteiger partial charge on any atom is -0.278 e. The number of carbonyl (C=O) groups excluding carboxylic acids is 2. The molecule has 0 aromatic carbocycles. The van der Waals surface area contributed by atoms with Crippen LogP contribution in [0.15, 0.2) is 0 Å². The van der Waals surface area contributed by atoms with Crippen molar-refractivity contribution in [3.8, 4) is 0 Å². The number of amides is 2. The van der Waals surface area contributed by atoms with Crippen molar-refractivity contribution in [2.75, 3.05) is 13.1 Å². The predicted molar refractivity (Wildman–Crippen MR) is 80.3 cm³/mol. The van der Waals surface area contributed by atoms with Crippen molar-refractivity contribution in [1.29, 1.82) is 0 Å². The normalized spacial score (nSPS) is 29.9. The molecule has 3 rings (SSSR count). The summed E-state index contributed by atoms with van der Waals surface area (Å²) in [5.41, 5.74) is 3.30. The summed E-state index contributed by atoms with van der Waals surface area (Å²) in [6.07, 6.45) is 10.7. The number of imide groups is 1. The van der Waals surface area contributed by atoms with E-state index in [2.05, 4.69) is 10.4 Å². The van der Waals surface area contributed by atoms with Gasteiger partial charge in [-0.05, 0) is 25.7 Å². The Kier molecular flexibility index (Phi) is 4.91. The van der Waals surface area contributed by atoms with Gasteiger partial charge in [-0.1, -0.05) is 32.1 Å². The molecule has 1 atom stereocenters. The van der Waals surface area contributed by atoms with Gasteiger partial charge in [-0.3, -0.25) is 14.5 Å². The van der Waals surface area contributed by atoms with Crippen LogP contribution < -0.4 is 5.43 Å². The maximum absolute atomic E-state index is 12.6.